The van der Waals surface area contributed by atoms with Crippen LogP contribution in [0.3, 0.4) is 0 Å². The van der Waals surface area contributed by atoms with Crippen molar-refractivity contribution in [2.45, 2.75) is 375 Å². The van der Waals surface area contributed by atoms with Crippen molar-refractivity contribution < 1.29 is 80.2 Å². The average molecular weight is 1340 g/mol. The fraction of sp³-hybridized carbons (Fsp3) is 0.944. The third-order valence-electron chi connectivity index (χ3n) is 17.3. The maximum absolute atomic E-state index is 13.0. The van der Waals surface area contributed by atoms with Crippen LogP contribution in [0.1, 0.15) is 357 Å². The molecule has 0 rings (SSSR count). The van der Waals surface area contributed by atoms with Crippen LogP contribution >= 0.6 is 15.6 Å². The van der Waals surface area contributed by atoms with Gasteiger partial charge in [-0.05, 0) is 49.4 Å². The summed E-state index contributed by atoms with van der Waals surface area (Å²) >= 11 is 0. The van der Waals surface area contributed by atoms with Crippen LogP contribution in [0.2, 0.25) is 0 Å². The zero-order chi connectivity index (χ0) is 67.5. The molecule has 0 radical (unpaired) electrons. The minimum Gasteiger partial charge on any atom is -0.462 e. The summed E-state index contributed by atoms with van der Waals surface area (Å²) in [6.07, 6.45) is 44.5. The molecule has 17 nitrogen and oxygen atoms in total. The van der Waals surface area contributed by atoms with Crippen molar-refractivity contribution in [1.82, 2.24) is 0 Å². The van der Waals surface area contributed by atoms with Crippen LogP contribution < -0.4 is 0 Å². The summed E-state index contributed by atoms with van der Waals surface area (Å²) in [7, 11) is -9.91. The number of hydrogen-bond acceptors (Lipinski definition) is 15. The van der Waals surface area contributed by atoms with Crippen molar-refractivity contribution in [3.63, 3.8) is 0 Å². The quantitative estimate of drug-likeness (QED) is 0.0222. The molecule has 0 aliphatic carbocycles. The maximum Gasteiger partial charge on any atom is 0.472 e. The van der Waals surface area contributed by atoms with E-state index in [0.717, 1.165) is 120 Å². The van der Waals surface area contributed by atoms with Crippen molar-refractivity contribution in [3.8, 4) is 0 Å². The first-order valence-corrected chi connectivity index (χ1v) is 40.3. The first-order valence-electron chi connectivity index (χ1n) is 37.3. The Balaban J connectivity index is 5.22. The molecule has 0 amide bonds. The molecule has 0 bridgehead atoms. The maximum atomic E-state index is 13.0. The molecule has 19 heteroatoms. The van der Waals surface area contributed by atoms with E-state index in [0.29, 0.717) is 25.7 Å². The largest absolute Gasteiger partial charge is 0.472 e. The van der Waals surface area contributed by atoms with E-state index in [2.05, 4.69) is 55.4 Å². The fourth-order valence-electron chi connectivity index (χ4n) is 10.8. The molecule has 0 aromatic carbocycles. The van der Waals surface area contributed by atoms with Gasteiger partial charge in [0.05, 0.1) is 26.4 Å². The molecular weight excluding hydrogens is 1200 g/mol. The summed E-state index contributed by atoms with van der Waals surface area (Å²) in [6, 6.07) is 0. The Morgan fingerprint density at radius 3 is 0.780 bits per heavy atom. The molecule has 0 spiro atoms. The predicted octanol–water partition coefficient (Wildman–Crippen LogP) is 20.5. The minimum absolute atomic E-state index is 0.103. The molecule has 91 heavy (non-hydrogen) atoms. The molecule has 4 unspecified atom stereocenters. The second kappa shape index (κ2) is 61.6. The Labute approximate surface area is 556 Å². The lowest BCUT2D eigenvalue weighted by Crippen LogP contribution is -2.30. The molecule has 0 fully saturated rings. The smallest absolute Gasteiger partial charge is 0.462 e. The van der Waals surface area contributed by atoms with Crippen LogP contribution in [0.15, 0.2) is 0 Å². The monoisotopic (exact) mass is 1340 g/mol. The van der Waals surface area contributed by atoms with Crippen LogP contribution in [-0.4, -0.2) is 96.7 Å². The summed E-state index contributed by atoms with van der Waals surface area (Å²) in [5.74, 6) is 0.889. The summed E-state index contributed by atoms with van der Waals surface area (Å²) in [5.41, 5.74) is 0. The molecule has 540 valence electrons. The molecule has 7 atom stereocenters. The SMILES string of the molecule is CCC(C)CCCCCCCCC(=O)OC[C@H](COP(=O)(O)OC[C@H](O)COP(=O)(O)OC[C@@H](COC(=O)CCCCCCCCCCCCCCCC(C)C)OC(=O)CCCCCCCCC(C)CC)OC(=O)CCCCCCCCCCCCCCC(C)C. The number of ether oxygens (including phenoxy) is 4. The molecule has 0 heterocycles. The number of hydrogen-bond donors (Lipinski definition) is 3. The van der Waals surface area contributed by atoms with Gasteiger partial charge in [-0.25, -0.2) is 9.13 Å². The summed E-state index contributed by atoms with van der Waals surface area (Å²) in [6.45, 7) is 14.1. The van der Waals surface area contributed by atoms with Gasteiger partial charge >= 0.3 is 39.5 Å². The van der Waals surface area contributed by atoms with Crippen molar-refractivity contribution in [2.75, 3.05) is 39.6 Å². The highest BCUT2D eigenvalue weighted by Gasteiger charge is 2.30. The van der Waals surface area contributed by atoms with E-state index < -0.39 is 97.5 Å². The normalized spacial score (nSPS) is 14.8. The third kappa shape index (κ3) is 63.9. The van der Waals surface area contributed by atoms with Gasteiger partial charge in [0.25, 0.3) is 0 Å². The summed E-state index contributed by atoms with van der Waals surface area (Å²) in [4.78, 5) is 72.6. The summed E-state index contributed by atoms with van der Waals surface area (Å²) in [5, 5.41) is 10.6. The molecule has 0 aliphatic rings. The standard InChI is InChI=1S/C72H140O17P2/c1-9-64(7)50-42-34-28-30-37-45-53-70(75)83-59-67(88-71(76)54-46-38-27-23-19-15-14-17-21-25-33-41-49-63(5)6)60-86-90(78,79)84-56-66(73)57-85-91(80,81)87-61-68(89-72(77)55-47-39-31-29-35-43-51-65(8)10-2)58-82-69(74)52-44-36-26-22-18-13-11-12-16-20-24-32-40-48-62(3)4/h62-68,73H,9-61H2,1-8H3,(H,78,79)(H,80,81)/t64?,65?,66-,67+,68+/m0/s1. The Kier molecular flexibility index (Phi) is 60.3. The van der Waals surface area contributed by atoms with Crippen LogP contribution in [-0.2, 0) is 65.4 Å². The molecule has 0 saturated heterocycles. The van der Waals surface area contributed by atoms with Crippen LogP contribution in [0, 0.1) is 23.7 Å². The molecule has 0 saturated carbocycles. The molecule has 0 aromatic heterocycles. The third-order valence-corrected chi connectivity index (χ3v) is 19.2. The van der Waals surface area contributed by atoms with E-state index in [1.54, 1.807) is 0 Å². The lowest BCUT2D eigenvalue weighted by Gasteiger charge is -2.21. The highest BCUT2D eigenvalue weighted by Crippen LogP contribution is 2.45. The zero-order valence-corrected chi connectivity index (χ0v) is 61.3. The van der Waals surface area contributed by atoms with Gasteiger partial charge in [-0.15, -0.1) is 0 Å². The van der Waals surface area contributed by atoms with Crippen molar-refractivity contribution in [2.24, 2.45) is 23.7 Å². The Hall–Kier alpha value is -1.94. The molecule has 3 N–H and O–H groups in total. The van der Waals surface area contributed by atoms with Gasteiger partial charge in [0.2, 0.25) is 0 Å². The van der Waals surface area contributed by atoms with Crippen LogP contribution in [0.5, 0.6) is 0 Å². The highest BCUT2D eigenvalue weighted by atomic mass is 31.2. The minimum atomic E-state index is -4.95. The van der Waals surface area contributed by atoms with Gasteiger partial charge in [-0.1, -0.05) is 306 Å². The number of aliphatic hydroxyl groups is 1. The first kappa shape index (κ1) is 89.1. The number of phosphoric acid groups is 2. The zero-order valence-electron chi connectivity index (χ0n) is 59.5. The molecule has 0 aliphatic heterocycles. The van der Waals surface area contributed by atoms with Crippen molar-refractivity contribution in [1.29, 1.82) is 0 Å². The van der Waals surface area contributed by atoms with E-state index in [4.69, 9.17) is 37.0 Å². The fourth-order valence-corrected chi connectivity index (χ4v) is 12.4. The van der Waals surface area contributed by atoms with Gasteiger partial charge in [-0.3, -0.25) is 37.3 Å². The first-order chi connectivity index (χ1) is 43.7. The number of aliphatic hydroxyl groups excluding tert-OH is 1. The number of esters is 4. The van der Waals surface area contributed by atoms with E-state index in [-0.39, 0.29) is 25.7 Å². The summed E-state index contributed by atoms with van der Waals surface area (Å²) < 4.78 is 68.3. The predicted molar refractivity (Wildman–Crippen MR) is 367 cm³/mol. The molecular formula is C72H140O17P2. The number of phosphoric ester groups is 2. The second-order valence-corrected chi connectivity index (χ2v) is 30.3. The number of rotatable bonds is 69. The molecule has 0 aromatic rings. The van der Waals surface area contributed by atoms with Gasteiger partial charge < -0.3 is 33.8 Å². The van der Waals surface area contributed by atoms with Crippen molar-refractivity contribution >= 4 is 39.5 Å². The Morgan fingerprint density at radius 1 is 0.308 bits per heavy atom. The van der Waals surface area contributed by atoms with Gasteiger partial charge in [0.15, 0.2) is 12.2 Å². The van der Waals surface area contributed by atoms with Crippen LogP contribution in [0.25, 0.3) is 0 Å². The number of carbonyl (C=O) groups excluding carboxylic acids is 4. The van der Waals surface area contributed by atoms with E-state index >= 15 is 0 Å². The average Bonchev–Trinajstić information content (AvgIpc) is 2.14. The van der Waals surface area contributed by atoms with E-state index in [1.807, 2.05) is 0 Å². The van der Waals surface area contributed by atoms with Crippen molar-refractivity contribution in [3.05, 3.63) is 0 Å². The van der Waals surface area contributed by atoms with E-state index in [9.17, 15) is 43.2 Å². The second-order valence-electron chi connectivity index (χ2n) is 27.4. The lowest BCUT2D eigenvalue weighted by atomic mass is 10.00. The van der Waals surface area contributed by atoms with Crippen LogP contribution in [0.4, 0.5) is 0 Å². The Morgan fingerprint density at radius 2 is 0.527 bits per heavy atom. The van der Waals surface area contributed by atoms with Gasteiger partial charge in [-0.2, -0.15) is 0 Å². The highest BCUT2D eigenvalue weighted by molar-refractivity contribution is 7.47. The number of unbranched alkanes of at least 4 members (excludes halogenated alkanes) is 33. The van der Waals surface area contributed by atoms with Gasteiger partial charge in [0, 0.05) is 25.7 Å². The topological polar surface area (TPSA) is 237 Å². The Bertz CT molecular complexity index is 1800. The number of carbonyl (C=O) groups is 4. The van der Waals surface area contributed by atoms with Gasteiger partial charge in [0.1, 0.15) is 19.3 Å². The van der Waals surface area contributed by atoms with E-state index in [1.165, 1.54) is 154 Å². The lowest BCUT2D eigenvalue weighted by molar-refractivity contribution is -0.161.